The third kappa shape index (κ3) is 11.7. The Hall–Kier alpha value is -4.09. The number of amides is 1. The summed E-state index contributed by atoms with van der Waals surface area (Å²) in [6.45, 7) is 11.6. The van der Waals surface area contributed by atoms with Crippen molar-refractivity contribution in [1.29, 1.82) is 0 Å². The van der Waals surface area contributed by atoms with Gasteiger partial charge in [-0.05, 0) is 69.7 Å². The Bertz CT molecular complexity index is 1720. The molecule has 0 N–H and O–H groups in total. The monoisotopic (exact) mass is 751 g/mol. The normalized spacial score (nSPS) is 23.8. The van der Waals surface area contributed by atoms with Crippen molar-refractivity contribution in [2.45, 2.75) is 122 Å². The van der Waals surface area contributed by atoms with E-state index in [0.29, 0.717) is 45.9 Å². The maximum atomic E-state index is 13.6. The largest absolute Gasteiger partial charge is 0.444 e. The highest BCUT2D eigenvalue weighted by molar-refractivity contribution is 5.69. The van der Waals surface area contributed by atoms with Crippen LogP contribution in [-0.2, 0) is 59.6 Å². The molecule has 4 aromatic rings. The molecule has 0 aliphatic carbocycles. The number of ether oxygens (including phenoxy) is 7. The summed E-state index contributed by atoms with van der Waals surface area (Å²) in [7, 11) is 0. The smallest absolute Gasteiger partial charge is 0.412 e. The van der Waals surface area contributed by atoms with Crippen molar-refractivity contribution in [2.75, 3.05) is 13.2 Å². The Labute approximate surface area is 326 Å². The average molecular weight is 752 g/mol. The Balaban J connectivity index is 1.31. The Morgan fingerprint density at radius 1 is 0.636 bits per heavy atom. The van der Waals surface area contributed by atoms with Crippen molar-refractivity contribution in [2.24, 2.45) is 0 Å². The van der Waals surface area contributed by atoms with Crippen molar-refractivity contribution in [3.05, 3.63) is 144 Å². The molecule has 6 atom stereocenters. The van der Waals surface area contributed by atoms with Crippen LogP contribution in [0.2, 0.25) is 0 Å². The van der Waals surface area contributed by atoms with E-state index in [1.807, 2.05) is 107 Å². The van der Waals surface area contributed by atoms with Gasteiger partial charge in [0.05, 0.1) is 51.8 Å². The molecule has 1 amide bonds. The van der Waals surface area contributed by atoms with Crippen LogP contribution in [0, 0.1) is 0 Å². The number of hydrogen-bond acceptors (Lipinski definition) is 8. The molecule has 2 heterocycles. The molecule has 0 radical (unpaired) electrons. The molecule has 2 fully saturated rings. The topological polar surface area (TPSA) is 84.9 Å². The molecule has 55 heavy (non-hydrogen) atoms. The summed E-state index contributed by atoms with van der Waals surface area (Å²) in [5, 5.41) is 0. The summed E-state index contributed by atoms with van der Waals surface area (Å²) in [4.78, 5) is 15.3. The summed E-state index contributed by atoms with van der Waals surface area (Å²) in [5.74, 6) is 0. The molecular weight excluding hydrogens is 695 g/mol. The van der Waals surface area contributed by atoms with Crippen LogP contribution in [-0.4, -0.2) is 72.1 Å². The molecule has 0 spiro atoms. The fraction of sp³-hybridized carbons (Fsp3) is 0.457. The lowest BCUT2D eigenvalue weighted by Crippen LogP contribution is -2.61. The van der Waals surface area contributed by atoms with E-state index >= 15 is 0 Å². The second kappa shape index (κ2) is 19.2. The lowest BCUT2D eigenvalue weighted by Gasteiger charge is -2.46. The quantitative estimate of drug-likeness (QED) is 0.112. The minimum atomic E-state index is -0.824. The summed E-state index contributed by atoms with van der Waals surface area (Å²) >= 11 is 0. The highest BCUT2D eigenvalue weighted by atomic mass is 16.6. The van der Waals surface area contributed by atoms with Crippen LogP contribution in [0.1, 0.15) is 69.7 Å². The third-order valence-corrected chi connectivity index (χ3v) is 9.93. The molecular formula is C46H57NO8. The van der Waals surface area contributed by atoms with Crippen LogP contribution in [0.3, 0.4) is 0 Å². The molecule has 9 heteroatoms. The molecule has 0 saturated carbocycles. The van der Waals surface area contributed by atoms with Crippen LogP contribution < -0.4 is 0 Å². The molecule has 9 nitrogen and oxygen atoms in total. The summed E-state index contributed by atoms with van der Waals surface area (Å²) in [5.41, 5.74) is 2.74. The van der Waals surface area contributed by atoms with Gasteiger partial charge in [-0.25, -0.2) is 4.79 Å². The number of carbonyl (C=O) groups excluding carboxylic acids is 1. The zero-order valence-corrected chi connectivity index (χ0v) is 32.9. The van der Waals surface area contributed by atoms with Crippen LogP contribution in [0.25, 0.3) is 0 Å². The minimum absolute atomic E-state index is 0.230. The fourth-order valence-corrected chi connectivity index (χ4v) is 7.25. The lowest BCUT2D eigenvalue weighted by atomic mass is 9.90. The highest BCUT2D eigenvalue weighted by Crippen LogP contribution is 2.36. The first-order valence-electron chi connectivity index (χ1n) is 19.5. The van der Waals surface area contributed by atoms with Gasteiger partial charge < -0.3 is 33.2 Å². The fourth-order valence-electron chi connectivity index (χ4n) is 7.25. The maximum absolute atomic E-state index is 13.6. The highest BCUT2D eigenvalue weighted by Gasteiger charge is 2.50. The van der Waals surface area contributed by atoms with Gasteiger partial charge in [0.15, 0.2) is 0 Å². The third-order valence-electron chi connectivity index (χ3n) is 9.93. The summed E-state index contributed by atoms with van der Waals surface area (Å²) in [6.07, 6.45) is -1.69. The van der Waals surface area contributed by atoms with Crippen LogP contribution in [0.15, 0.2) is 121 Å². The SMILES string of the molecule is CC(C)(C)OC(=O)N1[C@@H](CC[C@H]2O[C@H](COCc3ccccc3)[C@@H](OCc3ccccc3)[C@H](OCc3ccccc3)[C@H]2OCc2ccccc2)COC1(C)C. The Morgan fingerprint density at radius 2 is 1.07 bits per heavy atom. The van der Waals surface area contributed by atoms with E-state index in [-0.39, 0.29) is 12.6 Å². The first-order chi connectivity index (χ1) is 26.6. The van der Waals surface area contributed by atoms with E-state index in [2.05, 4.69) is 48.5 Å². The lowest BCUT2D eigenvalue weighted by molar-refractivity contribution is -0.274. The van der Waals surface area contributed by atoms with Gasteiger partial charge in [0.25, 0.3) is 0 Å². The van der Waals surface area contributed by atoms with E-state index in [1.54, 1.807) is 4.90 Å². The molecule has 2 aliphatic heterocycles. The number of benzene rings is 4. The maximum Gasteiger partial charge on any atom is 0.412 e. The molecule has 2 aliphatic rings. The number of nitrogens with zero attached hydrogens (tertiary/aromatic N) is 1. The predicted octanol–water partition coefficient (Wildman–Crippen LogP) is 8.88. The van der Waals surface area contributed by atoms with Gasteiger partial charge in [0.2, 0.25) is 0 Å². The van der Waals surface area contributed by atoms with E-state index in [0.717, 1.165) is 22.3 Å². The van der Waals surface area contributed by atoms with Crippen molar-refractivity contribution in [3.63, 3.8) is 0 Å². The van der Waals surface area contributed by atoms with Gasteiger partial charge in [0.1, 0.15) is 35.7 Å². The predicted molar refractivity (Wildman–Crippen MR) is 211 cm³/mol. The van der Waals surface area contributed by atoms with Crippen molar-refractivity contribution in [3.8, 4) is 0 Å². The van der Waals surface area contributed by atoms with Gasteiger partial charge in [0, 0.05) is 0 Å². The Kier molecular flexibility index (Phi) is 14.1. The van der Waals surface area contributed by atoms with E-state index in [9.17, 15) is 4.79 Å². The van der Waals surface area contributed by atoms with Gasteiger partial charge in [-0.1, -0.05) is 121 Å². The molecule has 4 aromatic carbocycles. The number of rotatable bonds is 16. The second-order valence-corrected chi connectivity index (χ2v) is 15.8. The van der Waals surface area contributed by atoms with Crippen molar-refractivity contribution >= 4 is 6.09 Å². The molecule has 0 unspecified atom stereocenters. The molecule has 0 aromatic heterocycles. The Morgan fingerprint density at radius 3 is 1.55 bits per heavy atom. The van der Waals surface area contributed by atoms with E-state index < -0.39 is 47.9 Å². The second-order valence-electron chi connectivity index (χ2n) is 15.8. The molecule has 2 saturated heterocycles. The van der Waals surface area contributed by atoms with Crippen LogP contribution >= 0.6 is 0 Å². The van der Waals surface area contributed by atoms with Gasteiger partial charge in [-0.15, -0.1) is 0 Å². The summed E-state index contributed by atoms with van der Waals surface area (Å²) in [6, 6.07) is 40.3. The van der Waals surface area contributed by atoms with Gasteiger partial charge in [-0.2, -0.15) is 0 Å². The first kappa shape index (κ1) is 40.6. The van der Waals surface area contributed by atoms with Gasteiger partial charge in [-0.3, -0.25) is 4.90 Å². The average Bonchev–Trinajstić information content (AvgIpc) is 3.49. The standard InChI is InChI=1S/C46H57NO8/c1-45(2,3)55-44(48)47-38(32-53-46(47,4)5)26-27-39-41(50-29-35-20-12-7-13-21-35)43(52-31-37-24-16-9-17-25-37)42(51-30-36-22-14-8-15-23-36)40(54-39)33-49-28-34-18-10-6-11-19-34/h6-25,38-43H,26-33H2,1-5H3/t38-,39+,40+,41-,42+,43+/m0/s1. The zero-order valence-electron chi connectivity index (χ0n) is 32.9. The van der Waals surface area contributed by atoms with E-state index in [4.69, 9.17) is 33.2 Å². The van der Waals surface area contributed by atoms with E-state index in [1.165, 1.54) is 0 Å². The van der Waals surface area contributed by atoms with Crippen molar-refractivity contribution < 1.29 is 38.0 Å². The zero-order chi connectivity index (χ0) is 38.7. The molecule has 294 valence electrons. The van der Waals surface area contributed by atoms with Crippen molar-refractivity contribution in [1.82, 2.24) is 4.90 Å². The number of carbonyl (C=O) groups is 1. The van der Waals surface area contributed by atoms with Gasteiger partial charge >= 0.3 is 6.09 Å². The molecule has 6 rings (SSSR count). The number of hydrogen-bond donors (Lipinski definition) is 0. The van der Waals surface area contributed by atoms with Crippen LogP contribution in [0.4, 0.5) is 4.79 Å². The minimum Gasteiger partial charge on any atom is -0.444 e. The first-order valence-corrected chi connectivity index (χ1v) is 19.5. The molecule has 0 bridgehead atoms. The van der Waals surface area contributed by atoms with Crippen LogP contribution in [0.5, 0.6) is 0 Å². The summed E-state index contributed by atoms with van der Waals surface area (Å²) < 4.78 is 46.1.